The minimum Gasteiger partial charge on any atom is -0.322 e. The highest BCUT2D eigenvalue weighted by Crippen LogP contribution is 2.38. The number of carbonyl (C=O) groups is 1. The fourth-order valence-electron chi connectivity index (χ4n) is 3.08. The predicted octanol–water partition coefficient (Wildman–Crippen LogP) is 4.64. The first kappa shape index (κ1) is 15.9. The summed E-state index contributed by atoms with van der Waals surface area (Å²) in [5.74, 6) is 1.03. The van der Waals surface area contributed by atoms with E-state index in [0.29, 0.717) is 0 Å². The van der Waals surface area contributed by atoms with Crippen LogP contribution in [0.15, 0.2) is 79.1 Å². The van der Waals surface area contributed by atoms with Gasteiger partial charge in [0.05, 0.1) is 0 Å². The quantitative estimate of drug-likeness (QED) is 0.693. The molecule has 1 amide bonds. The van der Waals surface area contributed by atoms with Gasteiger partial charge in [-0.15, -0.1) is 11.8 Å². The van der Waals surface area contributed by atoms with Gasteiger partial charge in [0.2, 0.25) is 0 Å². The Hall–Kier alpha value is -2.59. The van der Waals surface area contributed by atoms with Crippen molar-refractivity contribution in [2.75, 3.05) is 12.3 Å². The molecular formula is C21H18N2OS. The zero-order chi connectivity index (χ0) is 17.1. The number of hydrogen-bond donors (Lipinski definition) is 0. The first-order chi connectivity index (χ1) is 12.3. The van der Waals surface area contributed by atoms with Crippen molar-refractivity contribution < 1.29 is 4.79 Å². The number of rotatable bonds is 3. The van der Waals surface area contributed by atoms with E-state index in [-0.39, 0.29) is 11.3 Å². The molecule has 1 unspecified atom stereocenters. The highest BCUT2D eigenvalue weighted by molar-refractivity contribution is 7.99. The SMILES string of the molecule is O=C(c1ccc(-c2ccccc2)cc1)N1CCSC1c1cccnc1. The van der Waals surface area contributed by atoms with Crippen LogP contribution in [0.1, 0.15) is 21.3 Å². The smallest absolute Gasteiger partial charge is 0.255 e. The Morgan fingerprint density at radius 1 is 0.960 bits per heavy atom. The summed E-state index contributed by atoms with van der Waals surface area (Å²) < 4.78 is 0. The number of aromatic nitrogens is 1. The van der Waals surface area contributed by atoms with Gasteiger partial charge in [0.25, 0.3) is 5.91 Å². The molecule has 4 heteroatoms. The molecule has 1 fully saturated rings. The number of hydrogen-bond acceptors (Lipinski definition) is 3. The Morgan fingerprint density at radius 2 is 1.72 bits per heavy atom. The topological polar surface area (TPSA) is 33.2 Å². The molecule has 25 heavy (non-hydrogen) atoms. The predicted molar refractivity (Wildman–Crippen MR) is 102 cm³/mol. The Kier molecular flexibility index (Phi) is 4.53. The monoisotopic (exact) mass is 346 g/mol. The number of nitrogens with zero attached hydrogens (tertiary/aromatic N) is 2. The van der Waals surface area contributed by atoms with Crippen molar-refractivity contribution in [1.29, 1.82) is 0 Å². The molecule has 1 saturated heterocycles. The van der Waals surface area contributed by atoms with Crippen LogP contribution in [-0.2, 0) is 0 Å². The van der Waals surface area contributed by atoms with Crippen LogP contribution in [0.5, 0.6) is 0 Å². The lowest BCUT2D eigenvalue weighted by molar-refractivity contribution is 0.0760. The van der Waals surface area contributed by atoms with Crippen LogP contribution in [0.4, 0.5) is 0 Å². The summed E-state index contributed by atoms with van der Waals surface area (Å²) in [6.45, 7) is 0.767. The van der Waals surface area contributed by atoms with Crippen LogP contribution >= 0.6 is 11.8 Å². The molecule has 4 rings (SSSR count). The number of amides is 1. The lowest BCUT2D eigenvalue weighted by Crippen LogP contribution is -2.30. The molecule has 1 atom stereocenters. The van der Waals surface area contributed by atoms with Crippen LogP contribution in [-0.4, -0.2) is 28.1 Å². The molecule has 124 valence electrons. The molecule has 0 radical (unpaired) electrons. The normalized spacial score (nSPS) is 16.8. The third-order valence-corrected chi connectivity index (χ3v) is 5.62. The molecule has 0 N–H and O–H groups in total. The molecule has 1 aromatic heterocycles. The molecular weight excluding hydrogens is 328 g/mol. The van der Waals surface area contributed by atoms with E-state index in [2.05, 4.69) is 17.1 Å². The van der Waals surface area contributed by atoms with Gasteiger partial charge in [-0.2, -0.15) is 0 Å². The van der Waals surface area contributed by atoms with Crippen molar-refractivity contribution in [2.24, 2.45) is 0 Å². The van der Waals surface area contributed by atoms with E-state index in [9.17, 15) is 4.79 Å². The van der Waals surface area contributed by atoms with Crippen LogP contribution in [0.25, 0.3) is 11.1 Å². The molecule has 3 aromatic rings. The van der Waals surface area contributed by atoms with E-state index in [1.807, 2.05) is 65.7 Å². The average Bonchev–Trinajstić information content (AvgIpc) is 3.19. The lowest BCUT2D eigenvalue weighted by atomic mass is 10.0. The summed E-state index contributed by atoms with van der Waals surface area (Å²) in [5, 5.41) is 0.0509. The van der Waals surface area contributed by atoms with Crippen molar-refractivity contribution in [2.45, 2.75) is 5.37 Å². The van der Waals surface area contributed by atoms with Crippen molar-refractivity contribution in [3.05, 3.63) is 90.3 Å². The molecule has 3 nitrogen and oxygen atoms in total. The highest BCUT2D eigenvalue weighted by Gasteiger charge is 2.31. The van der Waals surface area contributed by atoms with E-state index in [1.165, 1.54) is 0 Å². The fourth-order valence-corrected chi connectivity index (χ4v) is 4.32. The largest absolute Gasteiger partial charge is 0.322 e. The maximum atomic E-state index is 13.0. The van der Waals surface area contributed by atoms with Crippen molar-refractivity contribution in [3.8, 4) is 11.1 Å². The Balaban J connectivity index is 1.56. The van der Waals surface area contributed by atoms with Gasteiger partial charge in [0, 0.05) is 35.8 Å². The number of pyridine rings is 1. The van der Waals surface area contributed by atoms with Gasteiger partial charge in [-0.3, -0.25) is 9.78 Å². The molecule has 0 spiro atoms. The van der Waals surface area contributed by atoms with Gasteiger partial charge in [0.15, 0.2) is 0 Å². The standard InChI is InChI=1S/C21H18N2OS/c24-20(23-13-14-25-21(23)19-7-4-12-22-15-19)18-10-8-17(9-11-18)16-5-2-1-3-6-16/h1-12,15,21H,13-14H2. The van der Waals surface area contributed by atoms with Crippen molar-refractivity contribution in [1.82, 2.24) is 9.88 Å². The second-order valence-electron chi connectivity index (χ2n) is 5.95. The van der Waals surface area contributed by atoms with Crippen molar-refractivity contribution >= 4 is 17.7 Å². The highest BCUT2D eigenvalue weighted by atomic mass is 32.2. The Labute approximate surface area is 151 Å². The van der Waals surface area contributed by atoms with Gasteiger partial charge in [-0.05, 0) is 29.3 Å². The first-order valence-corrected chi connectivity index (χ1v) is 9.36. The summed E-state index contributed by atoms with van der Waals surface area (Å²) in [6, 6.07) is 22.0. The molecule has 0 aliphatic carbocycles. The first-order valence-electron chi connectivity index (χ1n) is 8.31. The minimum absolute atomic E-state index is 0.0509. The average molecular weight is 346 g/mol. The lowest BCUT2D eigenvalue weighted by Gasteiger charge is -2.24. The van der Waals surface area contributed by atoms with Crippen LogP contribution in [0.2, 0.25) is 0 Å². The van der Waals surface area contributed by atoms with Crippen LogP contribution in [0.3, 0.4) is 0 Å². The second-order valence-corrected chi connectivity index (χ2v) is 7.14. The van der Waals surface area contributed by atoms with Gasteiger partial charge in [0.1, 0.15) is 5.37 Å². The summed E-state index contributed by atoms with van der Waals surface area (Å²) in [5.41, 5.74) is 4.10. The Morgan fingerprint density at radius 3 is 2.44 bits per heavy atom. The molecule has 1 aliphatic heterocycles. The van der Waals surface area contributed by atoms with E-state index >= 15 is 0 Å². The number of benzene rings is 2. The van der Waals surface area contributed by atoms with Gasteiger partial charge >= 0.3 is 0 Å². The summed E-state index contributed by atoms with van der Waals surface area (Å²) in [4.78, 5) is 19.1. The number of thioether (sulfide) groups is 1. The maximum Gasteiger partial charge on any atom is 0.255 e. The van der Waals surface area contributed by atoms with E-state index < -0.39 is 0 Å². The molecule has 1 aliphatic rings. The molecule has 0 saturated carbocycles. The van der Waals surface area contributed by atoms with E-state index in [0.717, 1.165) is 34.6 Å². The van der Waals surface area contributed by atoms with E-state index in [1.54, 1.807) is 18.0 Å². The van der Waals surface area contributed by atoms with Crippen LogP contribution < -0.4 is 0 Å². The Bertz CT molecular complexity index is 850. The second kappa shape index (κ2) is 7.11. The molecule has 2 aromatic carbocycles. The van der Waals surface area contributed by atoms with Crippen LogP contribution in [0, 0.1) is 0 Å². The van der Waals surface area contributed by atoms with Gasteiger partial charge in [-0.1, -0.05) is 48.5 Å². The molecule has 2 heterocycles. The van der Waals surface area contributed by atoms with Crippen molar-refractivity contribution in [3.63, 3.8) is 0 Å². The summed E-state index contributed by atoms with van der Waals surface area (Å²) in [6.07, 6.45) is 3.61. The zero-order valence-corrected chi connectivity index (χ0v) is 14.5. The van der Waals surface area contributed by atoms with Gasteiger partial charge in [-0.25, -0.2) is 0 Å². The molecule has 0 bridgehead atoms. The number of carbonyl (C=O) groups excluding carboxylic acids is 1. The van der Waals surface area contributed by atoms with Gasteiger partial charge < -0.3 is 4.90 Å². The fraction of sp³-hybridized carbons (Fsp3) is 0.143. The zero-order valence-electron chi connectivity index (χ0n) is 13.7. The summed E-state index contributed by atoms with van der Waals surface area (Å²) >= 11 is 1.79. The maximum absolute atomic E-state index is 13.0. The van der Waals surface area contributed by atoms with E-state index in [4.69, 9.17) is 0 Å². The minimum atomic E-state index is 0.0509. The summed E-state index contributed by atoms with van der Waals surface area (Å²) in [7, 11) is 0. The third kappa shape index (κ3) is 3.30. The third-order valence-electron chi connectivity index (χ3n) is 4.36.